The van der Waals surface area contributed by atoms with Gasteiger partial charge in [-0.3, -0.25) is 19.4 Å². The maximum absolute atomic E-state index is 12.2. The molecular formula is C20H32N4O3. The van der Waals surface area contributed by atoms with Crippen LogP contribution in [0.1, 0.15) is 19.4 Å². The van der Waals surface area contributed by atoms with Crippen LogP contribution in [0.2, 0.25) is 0 Å². The van der Waals surface area contributed by atoms with Gasteiger partial charge in [0.05, 0.1) is 20.2 Å². The molecule has 1 heterocycles. The van der Waals surface area contributed by atoms with Crippen LogP contribution in [0.4, 0.5) is 0 Å². The number of rotatable bonds is 9. The van der Waals surface area contributed by atoms with Crippen molar-refractivity contribution < 1.29 is 14.3 Å². The lowest BCUT2D eigenvalue weighted by Crippen LogP contribution is -2.51. The molecule has 0 spiro atoms. The minimum Gasteiger partial charge on any atom is -0.497 e. The zero-order valence-electron chi connectivity index (χ0n) is 16.7. The molecule has 0 saturated carbocycles. The lowest BCUT2D eigenvalue weighted by Gasteiger charge is -2.34. The number of nitrogens with one attached hydrogen (secondary N) is 1. The Kier molecular flexibility index (Phi) is 8.54. The first-order valence-corrected chi connectivity index (χ1v) is 9.67. The van der Waals surface area contributed by atoms with E-state index in [0.29, 0.717) is 19.6 Å². The van der Waals surface area contributed by atoms with Crippen molar-refractivity contribution in [3.63, 3.8) is 0 Å². The molecule has 0 aliphatic carbocycles. The molecule has 2 rings (SSSR count). The Morgan fingerprint density at radius 1 is 1.00 bits per heavy atom. The lowest BCUT2D eigenvalue weighted by molar-refractivity contribution is -0.133. The summed E-state index contributed by atoms with van der Waals surface area (Å²) in [7, 11) is 1.63. The van der Waals surface area contributed by atoms with E-state index in [2.05, 4.69) is 15.1 Å². The van der Waals surface area contributed by atoms with E-state index < -0.39 is 0 Å². The Morgan fingerprint density at radius 3 is 2.07 bits per heavy atom. The molecule has 0 radical (unpaired) electrons. The summed E-state index contributed by atoms with van der Waals surface area (Å²) < 4.78 is 5.13. The number of methoxy groups -OCH3 is 1. The fraction of sp³-hybridized carbons (Fsp3) is 0.600. The smallest absolute Gasteiger partial charge is 0.236 e. The second kappa shape index (κ2) is 10.9. The van der Waals surface area contributed by atoms with E-state index in [-0.39, 0.29) is 11.8 Å². The summed E-state index contributed by atoms with van der Waals surface area (Å²) in [5.74, 6) is 1.02. The van der Waals surface area contributed by atoms with Gasteiger partial charge < -0.3 is 15.0 Å². The molecule has 7 nitrogen and oxygen atoms in total. The monoisotopic (exact) mass is 376 g/mol. The van der Waals surface area contributed by atoms with E-state index in [4.69, 9.17) is 4.74 Å². The third-order valence-corrected chi connectivity index (χ3v) is 4.96. The van der Waals surface area contributed by atoms with Crippen LogP contribution in [-0.4, -0.2) is 86.0 Å². The topological polar surface area (TPSA) is 65.1 Å². The van der Waals surface area contributed by atoms with Crippen molar-refractivity contribution in [1.29, 1.82) is 0 Å². The molecule has 0 bridgehead atoms. The Morgan fingerprint density at radius 2 is 1.56 bits per heavy atom. The molecule has 1 aromatic carbocycles. The van der Waals surface area contributed by atoms with Gasteiger partial charge in [0, 0.05) is 45.8 Å². The van der Waals surface area contributed by atoms with Crippen LogP contribution in [0.5, 0.6) is 5.75 Å². The van der Waals surface area contributed by atoms with Crippen LogP contribution >= 0.6 is 0 Å². The van der Waals surface area contributed by atoms with E-state index in [1.165, 1.54) is 0 Å². The number of piperazine rings is 1. The summed E-state index contributed by atoms with van der Waals surface area (Å²) in [4.78, 5) is 30.5. The van der Waals surface area contributed by atoms with E-state index in [0.717, 1.165) is 50.6 Å². The number of carbonyl (C=O) groups is 2. The summed E-state index contributed by atoms with van der Waals surface area (Å²) in [6.07, 6.45) is 0. The second-order valence-corrected chi connectivity index (χ2v) is 6.74. The normalized spacial score (nSPS) is 15.4. The molecule has 1 aliphatic rings. The van der Waals surface area contributed by atoms with Gasteiger partial charge in [0.15, 0.2) is 0 Å². The number of nitrogens with zero attached hydrogens (tertiary/aromatic N) is 3. The van der Waals surface area contributed by atoms with Gasteiger partial charge in [-0.15, -0.1) is 0 Å². The minimum absolute atomic E-state index is 0.0264. The maximum atomic E-state index is 12.2. The van der Waals surface area contributed by atoms with Crippen molar-refractivity contribution in [3.05, 3.63) is 29.8 Å². The first kappa shape index (κ1) is 21.2. The van der Waals surface area contributed by atoms with Crippen LogP contribution in [0.15, 0.2) is 24.3 Å². The number of hydrogen-bond acceptors (Lipinski definition) is 5. The Labute approximate surface area is 162 Å². The van der Waals surface area contributed by atoms with Gasteiger partial charge in [0.2, 0.25) is 11.8 Å². The summed E-state index contributed by atoms with van der Waals surface area (Å²) in [6.45, 7) is 10.1. The van der Waals surface area contributed by atoms with Crippen LogP contribution in [0.3, 0.4) is 0 Å². The number of hydrogen-bond donors (Lipinski definition) is 1. The van der Waals surface area contributed by atoms with Crippen molar-refractivity contribution in [1.82, 2.24) is 20.0 Å². The third-order valence-electron chi connectivity index (χ3n) is 4.96. The van der Waals surface area contributed by atoms with Crippen molar-refractivity contribution >= 4 is 11.8 Å². The molecule has 27 heavy (non-hydrogen) atoms. The van der Waals surface area contributed by atoms with Crippen molar-refractivity contribution in [2.24, 2.45) is 0 Å². The molecule has 1 N–H and O–H groups in total. The summed E-state index contributed by atoms with van der Waals surface area (Å²) >= 11 is 0. The third kappa shape index (κ3) is 6.84. The van der Waals surface area contributed by atoms with Crippen LogP contribution in [0.25, 0.3) is 0 Å². The fourth-order valence-corrected chi connectivity index (χ4v) is 3.18. The zero-order valence-corrected chi connectivity index (χ0v) is 16.7. The fourth-order valence-electron chi connectivity index (χ4n) is 3.18. The number of likely N-dealkylation sites (N-methyl/N-ethyl adjacent to an activating group) is 1. The van der Waals surface area contributed by atoms with Crippen molar-refractivity contribution in [2.45, 2.75) is 20.4 Å². The van der Waals surface area contributed by atoms with Gasteiger partial charge in [-0.25, -0.2) is 0 Å². The maximum Gasteiger partial charge on any atom is 0.236 e. The molecule has 1 fully saturated rings. The Balaban J connectivity index is 1.67. The van der Waals surface area contributed by atoms with Gasteiger partial charge in [0.1, 0.15) is 5.75 Å². The van der Waals surface area contributed by atoms with Crippen LogP contribution in [-0.2, 0) is 16.1 Å². The Bertz CT molecular complexity index is 594. The molecule has 2 amide bonds. The van der Waals surface area contributed by atoms with E-state index in [1.807, 2.05) is 43.0 Å². The van der Waals surface area contributed by atoms with Crippen molar-refractivity contribution in [2.75, 3.05) is 59.5 Å². The number of ether oxygens (including phenoxy) is 1. The highest BCUT2D eigenvalue weighted by atomic mass is 16.5. The molecule has 1 aliphatic heterocycles. The predicted octanol–water partition coefficient (Wildman–Crippen LogP) is 0.797. The highest BCUT2D eigenvalue weighted by Crippen LogP contribution is 2.11. The van der Waals surface area contributed by atoms with Gasteiger partial charge in [-0.05, 0) is 31.5 Å². The SMILES string of the molecule is CCN(CC)C(=O)CN1CCN(CC(=O)NCc2ccc(OC)cc2)CC1. The molecule has 0 aromatic heterocycles. The average Bonchev–Trinajstić information content (AvgIpc) is 2.69. The molecule has 0 unspecified atom stereocenters. The quantitative estimate of drug-likeness (QED) is 0.691. The first-order valence-electron chi connectivity index (χ1n) is 9.67. The number of carbonyl (C=O) groups excluding carboxylic acids is 2. The summed E-state index contributed by atoms with van der Waals surface area (Å²) in [5, 5.41) is 2.96. The van der Waals surface area contributed by atoms with Crippen LogP contribution in [0, 0.1) is 0 Å². The summed E-state index contributed by atoms with van der Waals surface area (Å²) in [6, 6.07) is 7.68. The summed E-state index contributed by atoms with van der Waals surface area (Å²) in [5.41, 5.74) is 1.05. The van der Waals surface area contributed by atoms with E-state index >= 15 is 0 Å². The Hall–Kier alpha value is -2.12. The molecule has 150 valence electrons. The second-order valence-electron chi connectivity index (χ2n) is 6.74. The molecule has 1 saturated heterocycles. The van der Waals surface area contributed by atoms with Crippen molar-refractivity contribution in [3.8, 4) is 5.75 Å². The van der Waals surface area contributed by atoms with Gasteiger partial charge in [-0.1, -0.05) is 12.1 Å². The first-order chi connectivity index (χ1) is 13.0. The standard InChI is InChI=1S/C20H32N4O3/c1-4-24(5-2)20(26)16-23-12-10-22(11-13-23)15-19(25)21-14-17-6-8-18(27-3)9-7-17/h6-9H,4-5,10-16H2,1-3H3,(H,21,25). The lowest BCUT2D eigenvalue weighted by atomic mass is 10.2. The van der Waals surface area contributed by atoms with E-state index in [1.54, 1.807) is 7.11 Å². The van der Waals surface area contributed by atoms with Gasteiger partial charge in [-0.2, -0.15) is 0 Å². The zero-order chi connectivity index (χ0) is 19.6. The largest absolute Gasteiger partial charge is 0.497 e. The van der Waals surface area contributed by atoms with Crippen LogP contribution < -0.4 is 10.1 Å². The molecule has 7 heteroatoms. The number of amides is 2. The highest BCUT2D eigenvalue weighted by molar-refractivity contribution is 5.78. The number of benzene rings is 1. The minimum atomic E-state index is 0.0264. The average molecular weight is 377 g/mol. The predicted molar refractivity (Wildman–Crippen MR) is 106 cm³/mol. The van der Waals surface area contributed by atoms with Gasteiger partial charge in [0.25, 0.3) is 0 Å². The van der Waals surface area contributed by atoms with Gasteiger partial charge >= 0.3 is 0 Å². The highest BCUT2D eigenvalue weighted by Gasteiger charge is 2.21. The molecule has 1 aromatic rings. The molecular weight excluding hydrogens is 344 g/mol. The van der Waals surface area contributed by atoms with E-state index in [9.17, 15) is 9.59 Å². The molecule has 0 atom stereocenters.